The van der Waals surface area contributed by atoms with Crippen molar-refractivity contribution in [2.75, 3.05) is 0 Å². The van der Waals surface area contributed by atoms with Gasteiger partial charge in [-0.05, 0) is 31.2 Å². The monoisotopic (exact) mass is 193 g/mol. The lowest BCUT2D eigenvalue weighted by atomic mass is 9.90. The van der Waals surface area contributed by atoms with E-state index in [2.05, 4.69) is 4.98 Å². The average molecular weight is 193 g/mol. The van der Waals surface area contributed by atoms with Crippen LogP contribution in [0.2, 0.25) is 0 Å². The molecule has 1 aromatic heterocycles. The van der Waals surface area contributed by atoms with Crippen LogP contribution in [0.1, 0.15) is 34.3 Å². The van der Waals surface area contributed by atoms with Crippen LogP contribution in [0.4, 0.5) is 0 Å². The van der Waals surface area contributed by atoms with Gasteiger partial charge >= 0.3 is 5.97 Å². The highest BCUT2D eigenvalue weighted by Crippen LogP contribution is 2.20. The maximum atomic E-state index is 11.4. The lowest BCUT2D eigenvalue weighted by Crippen LogP contribution is -2.22. The summed E-state index contributed by atoms with van der Waals surface area (Å²) in [6, 6.07) is 0. The second kappa shape index (κ2) is 3.29. The number of aromatic nitrogens is 1. The molecular formula is C10H11NO3. The minimum Gasteiger partial charge on any atom is -0.478 e. The molecule has 0 unspecified atom stereocenters. The number of H-pyrrole nitrogens is 1. The van der Waals surface area contributed by atoms with Gasteiger partial charge in [0.2, 0.25) is 0 Å². The molecule has 0 atom stereocenters. The van der Waals surface area contributed by atoms with Crippen molar-refractivity contribution in [1.29, 1.82) is 0 Å². The predicted molar refractivity (Wildman–Crippen MR) is 50.7 cm³/mol. The lowest BCUT2D eigenvalue weighted by Gasteiger charge is -2.15. The van der Waals surface area contributed by atoms with Crippen molar-refractivity contribution in [3.63, 3.8) is 0 Å². The summed E-state index contributed by atoms with van der Waals surface area (Å²) in [6.45, 7) is 0. The van der Waals surface area contributed by atoms with Crippen LogP contribution in [0.3, 0.4) is 0 Å². The van der Waals surface area contributed by atoms with E-state index in [1.165, 1.54) is 6.20 Å². The second-order valence-corrected chi connectivity index (χ2v) is 3.50. The molecular weight excluding hydrogens is 182 g/mol. The third-order valence-corrected chi connectivity index (χ3v) is 2.65. The van der Waals surface area contributed by atoms with Crippen molar-refractivity contribution in [3.05, 3.63) is 33.2 Å². The summed E-state index contributed by atoms with van der Waals surface area (Å²) < 4.78 is 0. The first-order valence-corrected chi connectivity index (χ1v) is 4.67. The Bertz CT molecular complexity index is 433. The van der Waals surface area contributed by atoms with Crippen LogP contribution in [0.5, 0.6) is 0 Å². The van der Waals surface area contributed by atoms with Gasteiger partial charge in [-0.15, -0.1) is 0 Å². The topological polar surface area (TPSA) is 70.2 Å². The van der Waals surface area contributed by atoms with Gasteiger partial charge in [0.05, 0.1) is 5.56 Å². The highest BCUT2D eigenvalue weighted by Gasteiger charge is 2.19. The highest BCUT2D eigenvalue weighted by molar-refractivity contribution is 5.89. The van der Waals surface area contributed by atoms with E-state index in [-0.39, 0.29) is 11.1 Å². The van der Waals surface area contributed by atoms with E-state index in [0.717, 1.165) is 18.4 Å². The van der Waals surface area contributed by atoms with E-state index >= 15 is 0 Å². The highest BCUT2D eigenvalue weighted by atomic mass is 16.4. The summed E-state index contributed by atoms with van der Waals surface area (Å²) in [5, 5.41) is 8.91. The number of nitrogens with one attached hydrogen (secondary N) is 1. The van der Waals surface area contributed by atoms with Crippen molar-refractivity contribution < 1.29 is 9.90 Å². The molecule has 2 N–H and O–H groups in total. The molecule has 0 aliphatic heterocycles. The molecule has 74 valence electrons. The fourth-order valence-corrected chi connectivity index (χ4v) is 1.96. The Morgan fingerprint density at radius 3 is 2.57 bits per heavy atom. The molecule has 0 radical (unpaired) electrons. The van der Waals surface area contributed by atoms with E-state index < -0.39 is 5.97 Å². The van der Waals surface area contributed by atoms with Crippen LogP contribution < -0.4 is 5.56 Å². The van der Waals surface area contributed by atoms with Gasteiger partial charge < -0.3 is 10.1 Å². The SMILES string of the molecule is O=C(O)c1c[nH]c(=O)c2c1CCCC2. The van der Waals surface area contributed by atoms with Crippen LogP contribution in [0, 0.1) is 0 Å². The number of hydrogen-bond donors (Lipinski definition) is 2. The Kier molecular flexibility index (Phi) is 2.11. The van der Waals surface area contributed by atoms with Gasteiger partial charge in [0.1, 0.15) is 0 Å². The van der Waals surface area contributed by atoms with Gasteiger partial charge in [-0.25, -0.2) is 4.79 Å². The quantitative estimate of drug-likeness (QED) is 0.697. The Morgan fingerprint density at radius 1 is 1.29 bits per heavy atom. The molecule has 0 spiro atoms. The minimum atomic E-state index is -0.959. The Morgan fingerprint density at radius 2 is 1.93 bits per heavy atom. The first-order valence-electron chi connectivity index (χ1n) is 4.67. The van der Waals surface area contributed by atoms with E-state index in [1.807, 2.05) is 0 Å². The van der Waals surface area contributed by atoms with Gasteiger partial charge in [-0.1, -0.05) is 0 Å². The van der Waals surface area contributed by atoms with Crippen molar-refractivity contribution >= 4 is 5.97 Å². The first kappa shape index (κ1) is 8.99. The smallest absolute Gasteiger partial charge is 0.337 e. The molecule has 0 fully saturated rings. The summed E-state index contributed by atoms with van der Waals surface area (Å²) in [5.74, 6) is -0.959. The van der Waals surface area contributed by atoms with Gasteiger partial charge in [-0.3, -0.25) is 4.79 Å². The number of pyridine rings is 1. The van der Waals surface area contributed by atoms with Crippen LogP contribution >= 0.6 is 0 Å². The maximum Gasteiger partial charge on any atom is 0.337 e. The molecule has 2 rings (SSSR count). The Balaban J connectivity index is 2.65. The molecule has 1 aromatic rings. The third kappa shape index (κ3) is 1.32. The Labute approximate surface area is 80.6 Å². The van der Waals surface area contributed by atoms with Crippen molar-refractivity contribution in [2.45, 2.75) is 25.7 Å². The number of fused-ring (bicyclic) bond motifs is 1. The molecule has 0 saturated heterocycles. The number of hydrogen-bond acceptors (Lipinski definition) is 2. The Hall–Kier alpha value is -1.58. The zero-order valence-corrected chi connectivity index (χ0v) is 7.67. The van der Waals surface area contributed by atoms with E-state index in [9.17, 15) is 9.59 Å². The summed E-state index contributed by atoms with van der Waals surface area (Å²) in [6.07, 6.45) is 4.65. The number of carboxylic acids is 1. The summed E-state index contributed by atoms with van der Waals surface area (Å²) >= 11 is 0. The average Bonchev–Trinajstić information content (AvgIpc) is 2.18. The largest absolute Gasteiger partial charge is 0.478 e. The molecule has 1 aliphatic carbocycles. The van der Waals surface area contributed by atoms with E-state index in [0.29, 0.717) is 18.4 Å². The summed E-state index contributed by atoms with van der Waals surface area (Å²) in [4.78, 5) is 24.7. The second-order valence-electron chi connectivity index (χ2n) is 3.50. The van der Waals surface area contributed by atoms with Crippen molar-refractivity contribution in [1.82, 2.24) is 4.98 Å². The van der Waals surface area contributed by atoms with Crippen LogP contribution in [-0.2, 0) is 12.8 Å². The molecule has 14 heavy (non-hydrogen) atoms. The summed E-state index contributed by atoms with van der Waals surface area (Å²) in [5.41, 5.74) is 1.51. The van der Waals surface area contributed by atoms with Crippen LogP contribution in [0.25, 0.3) is 0 Å². The van der Waals surface area contributed by atoms with Gasteiger partial charge in [-0.2, -0.15) is 0 Å². The number of aromatic carboxylic acids is 1. The lowest BCUT2D eigenvalue weighted by molar-refractivity contribution is 0.0695. The van der Waals surface area contributed by atoms with Crippen molar-refractivity contribution in [2.24, 2.45) is 0 Å². The number of aromatic amines is 1. The predicted octanol–water partition coefficient (Wildman–Crippen LogP) is 0.952. The van der Waals surface area contributed by atoms with Crippen LogP contribution in [-0.4, -0.2) is 16.1 Å². The third-order valence-electron chi connectivity index (χ3n) is 2.65. The van der Waals surface area contributed by atoms with E-state index in [1.54, 1.807) is 0 Å². The molecule has 0 aromatic carbocycles. The fourth-order valence-electron chi connectivity index (χ4n) is 1.96. The zero-order valence-electron chi connectivity index (χ0n) is 7.67. The molecule has 0 amide bonds. The van der Waals surface area contributed by atoms with Gasteiger partial charge in [0.15, 0.2) is 0 Å². The summed E-state index contributed by atoms with van der Waals surface area (Å²) in [7, 11) is 0. The van der Waals surface area contributed by atoms with Crippen molar-refractivity contribution in [3.8, 4) is 0 Å². The van der Waals surface area contributed by atoms with Gasteiger partial charge in [0, 0.05) is 11.8 Å². The fraction of sp³-hybridized carbons (Fsp3) is 0.400. The standard InChI is InChI=1S/C10H11NO3/c12-9-7-4-2-1-3-6(7)8(5-11-9)10(13)14/h5H,1-4H2,(H,11,12)(H,13,14). The zero-order chi connectivity index (χ0) is 10.1. The number of carboxylic acid groups (broad SMARTS) is 1. The van der Waals surface area contributed by atoms with Gasteiger partial charge in [0.25, 0.3) is 5.56 Å². The molecule has 0 saturated carbocycles. The number of rotatable bonds is 1. The molecule has 4 heteroatoms. The molecule has 1 aliphatic rings. The molecule has 1 heterocycles. The normalized spacial score (nSPS) is 14.9. The minimum absolute atomic E-state index is 0.135. The van der Waals surface area contributed by atoms with E-state index in [4.69, 9.17) is 5.11 Å². The maximum absolute atomic E-state index is 11.4. The van der Waals surface area contributed by atoms with Crippen LogP contribution in [0.15, 0.2) is 11.0 Å². The number of carbonyl (C=O) groups is 1. The first-order chi connectivity index (χ1) is 6.70. The molecule has 4 nitrogen and oxygen atoms in total. The molecule has 0 bridgehead atoms.